The van der Waals surface area contributed by atoms with Crippen LogP contribution in [-0.4, -0.2) is 4.98 Å². The Hall–Kier alpha value is -1.28. The Morgan fingerprint density at radius 1 is 1.20 bits per heavy atom. The van der Waals surface area contributed by atoms with E-state index in [1.54, 1.807) is 0 Å². The van der Waals surface area contributed by atoms with Gasteiger partial charge < -0.3 is 12.4 Å². The van der Waals surface area contributed by atoms with E-state index in [0.717, 1.165) is 13.0 Å². The van der Waals surface area contributed by atoms with Crippen LogP contribution in [0.3, 0.4) is 0 Å². The number of imidazole rings is 1. The smallest absolute Gasteiger partial charge is 0.254 e. The molecule has 0 bridgehead atoms. The minimum atomic E-state index is 0. The van der Waals surface area contributed by atoms with Crippen LogP contribution >= 0.6 is 0 Å². The number of rotatable bonds is 3. The molecule has 0 amide bonds. The number of nitrogens with zero attached hydrogens (tertiary/aromatic N) is 1. The lowest BCUT2D eigenvalue weighted by Gasteiger charge is -1.99. The molecular weight excluding hydrogens is 208 g/mol. The summed E-state index contributed by atoms with van der Waals surface area (Å²) in [4.78, 5) is 3.24. The molecule has 0 radical (unpaired) electrons. The molecule has 1 heterocycles. The maximum Gasteiger partial charge on any atom is 0.254 e. The maximum atomic E-state index is 3.24. The molecule has 1 aromatic carbocycles. The molecule has 3 heteroatoms. The second kappa shape index (κ2) is 5.56. The second-order valence-corrected chi connectivity index (χ2v) is 3.37. The summed E-state index contributed by atoms with van der Waals surface area (Å²) < 4.78 is 2.25. The Bertz CT molecular complexity index is 395. The number of nitrogens with one attached hydrogen (secondary N) is 1. The van der Waals surface area contributed by atoms with Crippen LogP contribution < -0.4 is 17.0 Å². The van der Waals surface area contributed by atoms with Crippen LogP contribution in [0, 0.1) is 0 Å². The summed E-state index contributed by atoms with van der Waals surface area (Å²) in [5.74, 6) is 1.27. The molecule has 0 spiro atoms. The first-order chi connectivity index (χ1) is 6.90. The van der Waals surface area contributed by atoms with Crippen molar-refractivity contribution in [3.8, 4) is 0 Å². The number of H-pyrrole nitrogens is 1. The van der Waals surface area contributed by atoms with Crippen LogP contribution in [0.2, 0.25) is 0 Å². The highest BCUT2D eigenvalue weighted by Gasteiger charge is 2.07. The van der Waals surface area contributed by atoms with Crippen molar-refractivity contribution in [2.75, 3.05) is 0 Å². The number of aromatic amines is 1. The van der Waals surface area contributed by atoms with Gasteiger partial charge in [-0.2, -0.15) is 0 Å². The normalized spacial score (nSPS) is 9.67. The number of aromatic nitrogens is 2. The van der Waals surface area contributed by atoms with Crippen LogP contribution in [0.4, 0.5) is 0 Å². The fraction of sp³-hybridized carbons (Fsp3) is 0.250. The van der Waals surface area contributed by atoms with Gasteiger partial charge in [0.05, 0.1) is 0 Å². The molecule has 1 N–H and O–H groups in total. The van der Waals surface area contributed by atoms with Crippen molar-refractivity contribution < 1.29 is 17.0 Å². The third kappa shape index (κ3) is 2.83. The molecule has 2 nitrogen and oxygen atoms in total. The van der Waals surface area contributed by atoms with Crippen molar-refractivity contribution in [1.82, 2.24) is 4.98 Å². The van der Waals surface area contributed by atoms with Crippen LogP contribution in [-0.2, 0) is 13.0 Å². The lowest BCUT2D eigenvalue weighted by Crippen LogP contribution is -3.00. The average molecular weight is 223 g/mol. The van der Waals surface area contributed by atoms with E-state index in [1.807, 2.05) is 12.3 Å². The topological polar surface area (TPSA) is 19.7 Å². The fourth-order valence-electron chi connectivity index (χ4n) is 1.63. The van der Waals surface area contributed by atoms with Crippen molar-refractivity contribution in [2.24, 2.45) is 0 Å². The number of hydrogen-bond acceptors (Lipinski definition) is 0. The molecule has 0 saturated heterocycles. The molecule has 0 atom stereocenters. The van der Waals surface area contributed by atoms with Crippen LogP contribution in [0.5, 0.6) is 0 Å². The zero-order valence-electron chi connectivity index (χ0n) is 8.78. The molecule has 2 aromatic rings. The fourth-order valence-corrected chi connectivity index (χ4v) is 1.63. The summed E-state index contributed by atoms with van der Waals surface area (Å²) in [7, 11) is 0. The van der Waals surface area contributed by atoms with E-state index >= 15 is 0 Å². The van der Waals surface area contributed by atoms with Gasteiger partial charge in [0.2, 0.25) is 0 Å². The molecule has 0 fully saturated rings. The lowest BCUT2D eigenvalue weighted by molar-refractivity contribution is -0.694. The van der Waals surface area contributed by atoms with Crippen molar-refractivity contribution in [3.63, 3.8) is 0 Å². The molecule has 0 aliphatic heterocycles. The Balaban J connectivity index is 0.00000112. The van der Waals surface area contributed by atoms with Gasteiger partial charge in [0.15, 0.2) is 0 Å². The lowest BCUT2D eigenvalue weighted by atomic mass is 10.2. The highest BCUT2D eigenvalue weighted by Crippen LogP contribution is 1.98. The van der Waals surface area contributed by atoms with Gasteiger partial charge in [0, 0.05) is 6.42 Å². The first kappa shape index (κ1) is 11.8. The quantitative estimate of drug-likeness (QED) is 0.638. The summed E-state index contributed by atoms with van der Waals surface area (Å²) in [6.07, 6.45) is 5.12. The van der Waals surface area contributed by atoms with Gasteiger partial charge in [0.25, 0.3) is 5.82 Å². The molecule has 80 valence electrons. The number of benzene rings is 1. The molecule has 0 aliphatic carbocycles. The highest BCUT2D eigenvalue weighted by molar-refractivity contribution is 5.13. The summed E-state index contributed by atoms with van der Waals surface area (Å²) in [6, 6.07) is 10.5. The van der Waals surface area contributed by atoms with Gasteiger partial charge in [-0.15, -0.1) is 0 Å². The molecular formula is C12H15ClN2. The second-order valence-electron chi connectivity index (χ2n) is 3.37. The molecule has 0 saturated carbocycles. The predicted molar refractivity (Wildman–Crippen MR) is 55.9 cm³/mol. The van der Waals surface area contributed by atoms with E-state index in [4.69, 9.17) is 0 Å². The number of hydrogen-bond donors (Lipinski definition) is 1. The van der Waals surface area contributed by atoms with E-state index < -0.39 is 0 Å². The minimum Gasteiger partial charge on any atom is -1.00 e. The van der Waals surface area contributed by atoms with Crippen molar-refractivity contribution in [1.29, 1.82) is 0 Å². The van der Waals surface area contributed by atoms with Gasteiger partial charge in [-0.05, 0) is 5.56 Å². The SMILES string of the molecule is CCc1[nH]cc[n+]1Cc1ccccc1.[Cl-]. The summed E-state index contributed by atoms with van der Waals surface area (Å²) in [6.45, 7) is 3.11. The number of halogens is 1. The molecule has 1 aromatic heterocycles. The third-order valence-electron chi connectivity index (χ3n) is 2.38. The Kier molecular flexibility index (Phi) is 4.37. The largest absolute Gasteiger partial charge is 1.00 e. The average Bonchev–Trinajstić information content (AvgIpc) is 2.67. The van der Waals surface area contributed by atoms with Crippen LogP contribution in [0.15, 0.2) is 42.7 Å². The minimum absolute atomic E-state index is 0. The Morgan fingerprint density at radius 2 is 1.93 bits per heavy atom. The monoisotopic (exact) mass is 222 g/mol. The molecule has 2 rings (SSSR count). The van der Waals surface area contributed by atoms with Crippen molar-refractivity contribution in [2.45, 2.75) is 19.9 Å². The Morgan fingerprint density at radius 3 is 2.60 bits per heavy atom. The summed E-state index contributed by atoms with van der Waals surface area (Å²) >= 11 is 0. The summed E-state index contributed by atoms with van der Waals surface area (Å²) in [5, 5.41) is 0. The van der Waals surface area contributed by atoms with Crippen molar-refractivity contribution >= 4 is 0 Å². The molecule has 15 heavy (non-hydrogen) atoms. The van der Waals surface area contributed by atoms with Gasteiger partial charge >= 0.3 is 0 Å². The van der Waals surface area contributed by atoms with E-state index in [0.29, 0.717) is 0 Å². The molecule has 0 unspecified atom stereocenters. The first-order valence-corrected chi connectivity index (χ1v) is 4.99. The standard InChI is InChI=1S/C12H14N2.ClH/c1-2-12-13-8-9-14(12)10-11-6-4-3-5-7-11;/h3-9H,2,10H2,1H3;1H. The third-order valence-corrected chi connectivity index (χ3v) is 2.38. The predicted octanol–water partition coefficient (Wildman–Crippen LogP) is -1.08. The number of aryl methyl sites for hydroxylation is 1. The van der Waals surface area contributed by atoms with Gasteiger partial charge in [0.1, 0.15) is 18.9 Å². The van der Waals surface area contributed by atoms with E-state index in [-0.39, 0.29) is 12.4 Å². The van der Waals surface area contributed by atoms with E-state index in [1.165, 1.54) is 11.4 Å². The zero-order chi connectivity index (χ0) is 9.80. The van der Waals surface area contributed by atoms with Crippen molar-refractivity contribution in [3.05, 3.63) is 54.1 Å². The highest BCUT2D eigenvalue weighted by atomic mass is 35.5. The van der Waals surface area contributed by atoms with Crippen LogP contribution in [0.25, 0.3) is 0 Å². The van der Waals surface area contributed by atoms with Gasteiger partial charge in [-0.3, -0.25) is 0 Å². The Labute approximate surface area is 96.4 Å². The molecule has 0 aliphatic rings. The first-order valence-electron chi connectivity index (χ1n) is 4.99. The van der Waals surface area contributed by atoms with E-state index in [9.17, 15) is 0 Å². The van der Waals surface area contributed by atoms with E-state index in [2.05, 4.69) is 46.9 Å². The zero-order valence-corrected chi connectivity index (χ0v) is 9.54. The van der Waals surface area contributed by atoms with Gasteiger partial charge in [-0.1, -0.05) is 37.3 Å². The summed E-state index contributed by atoms with van der Waals surface area (Å²) in [5.41, 5.74) is 1.34. The van der Waals surface area contributed by atoms with Gasteiger partial charge in [-0.25, -0.2) is 9.55 Å². The maximum absolute atomic E-state index is 3.24. The van der Waals surface area contributed by atoms with Crippen LogP contribution in [0.1, 0.15) is 18.3 Å².